The van der Waals surface area contributed by atoms with Gasteiger partial charge >= 0.3 is 0 Å². The van der Waals surface area contributed by atoms with Crippen LogP contribution in [0.15, 0.2) is 0 Å². The maximum atomic E-state index is 10.8. The van der Waals surface area contributed by atoms with Gasteiger partial charge in [-0.05, 0) is 37.5 Å². The Morgan fingerprint density at radius 2 is 0.444 bits per heavy atom. The van der Waals surface area contributed by atoms with Crippen molar-refractivity contribution in [2.75, 3.05) is 26.4 Å². The molecule has 2 atom stereocenters. The number of aliphatic hydroxyl groups is 1. The first kappa shape index (κ1) is 53.9. The van der Waals surface area contributed by atoms with Crippen LogP contribution in [0.2, 0.25) is 0 Å². The molecule has 0 heterocycles. The van der Waals surface area contributed by atoms with Crippen molar-refractivity contribution in [3.63, 3.8) is 0 Å². The van der Waals surface area contributed by atoms with E-state index in [0.717, 1.165) is 13.2 Å². The Labute approximate surface area is 342 Å². The largest absolute Gasteiger partial charge is 0.388 e. The van der Waals surface area contributed by atoms with Gasteiger partial charge in [0.25, 0.3) is 0 Å². The SMILES string of the molecule is CCCCCCCCCCCCC(CCCCCCCCCC)COCC(O)COCC(CCCCCCCCCC)CCCCCCCCCCCC. The van der Waals surface area contributed by atoms with Crippen molar-refractivity contribution in [2.45, 2.75) is 291 Å². The standard InChI is InChI=1S/C51H104O3/c1-5-9-13-17-21-25-27-31-35-39-43-49(41-37-33-29-23-19-15-11-7-3)45-53-47-51(52)48-54-46-50(42-38-34-30-24-20-16-12-8-4)44-40-36-32-28-26-22-18-14-10-6-2/h49-52H,5-48H2,1-4H3. The Balaban J connectivity index is 4.50. The first-order valence-electron chi connectivity index (χ1n) is 25.5. The summed E-state index contributed by atoms with van der Waals surface area (Å²) in [4.78, 5) is 0. The van der Waals surface area contributed by atoms with Gasteiger partial charge in [-0.1, -0.05) is 259 Å². The number of hydrogen-bond acceptors (Lipinski definition) is 3. The zero-order chi connectivity index (χ0) is 39.3. The van der Waals surface area contributed by atoms with E-state index in [2.05, 4.69) is 27.7 Å². The highest BCUT2D eigenvalue weighted by atomic mass is 16.5. The van der Waals surface area contributed by atoms with Crippen LogP contribution in [-0.2, 0) is 9.47 Å². The molecule has 0 rings (SSSR count). The van der Waals surface area contributed by atoms with E-state index in [0.29, 0.717) is 25.0 Å². The zero-order valence-electron chi connectivity index (χ0n) is 38.1. The molecule has 0 amide bonds. The Morgan fingerprint density at radius 3 is 0.648 bits per heavy atom. The van der Waals surface area contributed by atoms with Gasteiger partial charge in [-0.2, -0.15) is 0 Å². The van der Waals surface area contributed by atoms with Crippen LogP contribution >= 0.6 is 0 Å². The van der Waals surface area contributed by atoms with Crippen LogP contribution in [0.5, 0.6) is 0 Å². The molecule has 0 aromatic carbocycles. The Kier molecular flexibility index (Phi) is 47.2. The first-order valence-corrected chi connectivity index (χ1v) is 25.5. The van der Waals surface area contributed by atoms with Crippen molar-refractivity contribution in [1.29, 1.82) is 0 Å². The topological polar surface area (TPSA) is 38.7 Å². The molecule has 0 radical (unpaired) electrons. The maximum absolute atomic E-state index is 10.8. The second-order valence-electron chi connectivity index (χ2n) is 17.9. The quantitative estimate of drug-likeness (QED) is 0.0627. The smallest absolute Gasteiger partial charge is 0.101 e. The highest BCUT2D eigenvalue weighted by Gasteiger charge is 2.14. The van der Waals surface area contributed by atoms with E-state index in [-0.39, 0.29) is 0 Å². The highest BCUT2D eigenvalue weighted by molar-refractivity contribution is 4.64. The van der Waals surface area contributed by atoms with Crippen molar-refractivity contribution >= 4 is 0 Å². The number of hydrogen-bond donors (Lipinski definition) is 1. The molecule has 3 heteroatoms. The third-order valence-corrected chi connectivity index (χ3v) is 12.2. The summed E-state index contributed by atoms with van der Waals surface area (Å²) in [5.74, 6) is 1.29. The summed E-state index contributed by atoms with van der Waals surface area (Å²) in [6, 6.07) is 0. The van der Waals surface area contributed by atoms with Gasteiger partial charge < -0.3 is 14.6 Å². The van der Waals surface area contributed by atoms with Gasteiger partial charge in [-0.3, -0.25) is 0 Å². The molecule has 0 spiro atoms. The summed E-state index contributed by atoms with van der Waals surface area (Å²) in [7, 11) is 0. The number of aliphatic hydroxyl groups excluding tert-OH is 1. The fraction of sp³-hybridized carbons (Fsp3) is 1.00. The molecular weight excluding hydrogens is 661 g/mol. The minimum Gasteiger partial charge on any atom is -0.388 e. The molecule has 0 aliphatic rings. The molecule has 0 saturated heterocycles. The molecule has 0 fully saturated rings. The third kappa shape index (κ3) is 43.0. The highest BCUT2D eigenvalue weighted by Crippen LogP contribution is 2.22. The van der Waals surface area contributed by atoms with Crippen LogP contribution in [0.4, 0.5) is 0 Å². The lowest BCUT2D eigenvalue weighted by Crippen LogP contribution is -2.25. The summed E-state index contributed by atoms with van der Waals surface area (Å²) in [5.41, 5.74) is 0. The van der Waals surface area contributed by atoms with Crippen LogP contribution in [0.25, 0.3) is 0 Å². The van der Waals surface area contributed by atoms with E-state index in [1.165, 1.54) is 257 Å². The summed E-state index contributed by atoms with van der Waals surface area (Å²) >= 11 is 0. The van der Waals surface area contributed by atoms with Crippen LogP contribution < -0.4 is 0 Å². The average Bonchev–Trinajstić information content (AvgIpc) is 3.17. The van der Waals surface area contributed by atoms with E-state index in [9.17, 15) is 5.11 Å². The Hall–Kier alpha value is -0.120. The van der Waals surface area contributed by atoms with Crippen LogP contribution in [0.1, 0.15) is 285 Å². The van der Waals surface area contributed by atoms with E-state index < -0.39 is 6.10 Å². The molecule has 54 heavy (non-hydrogen) atoms. The summed E-state index contributed by atoms with van der Waals surface area (Å²) in [6.07, 6.45) is 54.8. The minimum atomic E-state index is -0.507. The second-order valence-corrected chi connectivity index (χ2v) is 17.9. The predicted octanol–water partition coefficient (Wildman–Crippen LogP) is 17.3. The summed E-state index contributed by atoms with van der Waals surface area (Å²) in [6.45, 7) is 11.7. The van der Waals surface area contributed by atoms with Crippen molar-refractivity contribution in [3.8, 4) is 0 Å². The fourth-order valence-corrected chi connectivity index (χ4v) is 8.39. The van der Waals surface area contributed by atoms with Gasteiger partial charge in [0.05, 0.1) is 13.2 Å². The fourth-order valence-electron chi connectivity index (χ4n) is 8.39. The summed E-state index contributed by atoms with van der Waals surface area (Å²) in [5, 5.41) is 10.8. The van der Waals surface area contributed by atoms with E-state index in [1.807, 2.05) is 0 Å². The van der Waals surface area contributed by atoms with Gasteiger partial charge in [-0.25, -0.2) is 0 Å². The number of unbranched alkanes of at least 4 members (excludes halogenated alkanes) is 32. The molecule has 0 aromatic rings. The maximum Gasteiger partial charge on any atom is 0.101 e. The van der Waals surface area contributed by atoms with Crippen LogP contribution in [-0.4, -0.2) is 37.6 Å². The van der Waals surface area contributed by atoms with Crippen molar-refractivity contribution in [2.24, 2.45) is 11.8 Å². The van der Waals surface area contributed by atoms with Gasteiger partial charge in [0, 0.05) is 13.2 Å². The molecule has 0 aliphatic carbocycles. The Morgan fingerprint density at radius 1 is 0.259 bits per heavy atom. The van der Waals surface area contributed by atoms with E-state index in [4.69, 9.17) is 9.47 Å². The van der Waals surface area contributed by atoms with Crippen LogP contribution in [0.3, 0.4) is 0 Å². The molecule has 2 unspecified atom stereocenters. The van der Waals surface area contributed by atoms with Crippen molar-refractivity contribution < 1.29 is 14.6 Å². The molecular formula is C51H104O3. The lowest BCUT2D eigenvalue weighted by molar-refractivity contribution is -0.0349. The van der Waals surface area contributed by atoms with E-state index >= 15 is 0 Å². The molecule has 0 aliphatic heterocycles. The molecule has 3 nitrogen and oxygen atoms in total. The molecule has 1 N–H and O–H groups in total. The van der Waals surface area contributed by atoms with Crippen molar-refractivity contribution in [1.82, 2.24) is 0 Å². The van der Waals surface area contributed by atoms with Gasteiger partial charge in [-0.15, -0.1) is 0 Å². The lowest BCUT2D eigenvalue weighted by Gasteiger charge is -2.20. The molecule has 0 aromatic heterocycles. The van der Waals surface area contributed by atoms with Crippen molar-refractivity contribution in [3.05, 3.63) is 0 Å². The molecule has 0 saturated carbocycles. The monoisotopic (exact) mass is 765 g/mol. The summed E-state index contributed by atoms with van der Waals surface area (Å²) < 4.78 is 12.4. The zero-order valence-corrected chi connectivity index (χ0v) is 38.1. The van der Waals surface area contributed by atoms with Gasteiger partial charge in [0.15, 0.2) is 0 Å². The lowest BCUT2D eigenvalue weighted by atomic mass is 9.94. The molecule has 326 valence electrons. The number of ether oxygens (including phenoxy) is 2. The van der Waals surface area contributed by atoms with Gasteiger partial charge in [0.2, 0.25) is 0 Å². The predicted molar refractivity (Wildman–Crippen MR) is 242 cm³/mol. The minimum absolute atomic E-state index is 0.424. The van der Waals surface area contributed by atoms with Gasteiger partial charge in [0.1, 0.15) is 6.10 Å². The van der Waals surface area contributed by atoms with E-state index in [1.54, 1.807) is 0 Å². The third-order valence-electron chi connectivity index (χ3n) is 12.2. The number of rotatable bonds is 48. The van der Waals surface area contributed by atoms with Crippen LogP contribution in [0, 0.1) is 11.8 Å². The molecule has 0 bridgehead atoms. The first-order chi connectivity index (χ1) is 26.7. The average molecular weight is 765 g/mol. The Bertz CT molecular complexity index is 599. The normalized spacial score (nSPS) is 13.5. The second kappa shape index (κ2) is 47.3.